The molecule has 0 aromatic heterocycles. The molecule has 8 atom stereocenters. The zero-order valence-corrected chi connectivity index (χ0v) is 33.2. The zero-order chi connectivity index (χ0) is 40.7. The number of benzene rings is 3. The molecular weight excluding hydrogens is 723 g/mol. The highest BCUT2D eigenvalue weighted by Gasteiger charge is 2.68. The maximum Gasteiger partial charge on any atom is 0.306 e. The highest BCUT2D eigenvalue weighted by molar-refractivity contribution is 6.01. The van der Waals surface area contributed by atoms with E-state index >= 15 is 0 Å². The molecule has 3 aromatic carbocycles. The van der Waals surface area contributed by atoms with Crippen molar-refractivity contribution in [3.63, 3.8) is 0 Å². The maximum absolute atomic E-state index is 13.6. The standard InChI is InChI=1S/C47H53NO9/c1-45-21-19-35(49)25-34(45)15-16-36-37-20-22-47(55,46(37,2)26-39(51)43(36)45)40(52)28-57-42(54)18-17-41(53)56-27-29-9-13-32(14-10-29)44(48(3)4)38(50)24-30-11-12-31-7-5-6-8-33(31)23-30/h5-14,19,21,23,25,36-37,39,43-44,51,55H,15-18,20,22,24,26-28H2,1-4H3/t36-,37-,39-,43+,44+,45-,46-,47-/m0/s1. The van der Waals surface area contributed by atoms with Crippen LogP contribution in [0.2, 0.25) is 0 Å². The highest BCUT2D eigenvalue weighted by Crippen LogP contribution is 2.67. The Kier molecular flexibility index (Phi) is 11.3. The third-order valence-corrected chi connectivity index (χ3v) is 13.7. The van der Waals surface area contributed by atoms with Gasteiger partial charge in [-0.1, -0.05) is 92.2 Å². The Balaban J connectivity index is 0.874. The molecule has 3 saturated carbocycles. The normalized spacial score (nSPS) is 29.5. The first kappa shape index (κ1) is 40.4. The number of rotatable bonds is 13. The molecule has 3 aromatic rings. The van der Waals surface area contributed by atoms with Crippen LogP contribution >= 0.6 is 0 Å². The first-order valence-electron chi connectivity index (χ1n) is 20.1. The van der Waals surface area contributed by atoms with E-state index in [1.54, 1.807) is 12.2 Å². The number of hydrogen-bond donors (Lipinski definition) is 2. The summed E-state index contributed by atoms with van der Waals surface area (Å²) in [6, 6.07) is 21.0. The lowest BCUT2D eigenvalue weighted by atomic mass is 9.46. The molecule has 0 radical (unpaired) electrons. The average molecular weight is 776 g/mol. The largest absolute Gasteiger partial charge is 0.461 e. The molecule has 0 heterocycles. The van der Waals surface area contributed by atoms with Gasteiger partial charge in [0.25, 0.3) is 0 Å². The van der Waals surface area contributed by atoms with Gasteiger partial charge in [0, 0.05) is 23.2 Å². The Labute approximate surface area is 333 Å². The van der Waals surface area contributed by atoms with Gasteiger partial charge >= 0.3 is 11.9 Å². The van der Waals surface area contributed by atoms with Gasteiger partial charge < -0.3 is 19.7 Å². The number of nitrogens with zero attached hydrogens (tertiary/aromatic N) is 1. The first-order chi connectivity index (χ1) is 27.1. The Morgan fingerprint density at radius 2 is 1.58 bits per heavy atom. The van der Waals surface area contributed by atoms with E-state index in [0.29, 0.717) is 6.42 Å². The number of aliphatic hydroxyl groups is 2. The van der Waals surface area contributed by atoms with Crippen molar-refractivity contribution in [2.75, 3.05) is 20.7 Å². The fourth-order valence-electron chi connectivity index (χ4n) is 10.8. The van der Waals surface area contributed by atoms with Crippen LogP contribution in [-0.2, 0) is 46.5 Å². The Morgan fingerprint density at radius 3 is 2.30 bits per heavy atom. The van der Waals surface area contributed by atoms with Crippen LogP contribution in [0.4, 0.5) is 0 Å². The number of fused-ring (bicyclic) bond motifs is 6. The van der Waals surface area contributed by atoms with Crippen molar-refractivity contribution >= 4 is 40.1 Å². The summed E-state index contributed by atoms with van der Waals surface area (Å²) >= 11 is 0. The minimum absolute atomic E-state index is 0.0179. The lowest BCUT2D eigenvalue weighted by Crippen LogP contribution is -2.61. The van der Waals surface area contributed by atoms with Crippen LogP contribution < -0.4 is 0 Å². The van der Waals surface area contributed by atoms with Gasteiger partial charge in [0.05, 0.1) is 25.0 Å². The second-order valence-electron chi connectivity index (χ2n) is 17.3. The number of ether oxygens (including phenoxy) is 2. The quantitative estimate of drug-likeness (QED) is 0.193. The smallest absolute Gasteiger partial charge is 0.306 e. The number of Topliss-reactive ketones (excluding diaryl/α,β-unsaturated/α-hetero) is 2. The summed E-state index contributed by atoms with van der Waals surface area (Å²) in [4.78, 5) is 66.3. The van der Waals surface area contributed by atoms with Crippen molar-refractivity contribution in [1.29, 1.82) is 0 Å². The molecule has 0 amide bonds. The summed E-state index contributed by atoms with van der Waals surface area (Å²) < 4.78 is 10.7. The molecule has 300 valence electrons. The van der Waals surface area contributed by atoms with E-state index in [2.05, 4.69) is 6.92 Å². The zero-order valence-electron chi connectivity index (χ0n) is 33.2. The molecule has 2 N–H and O–H groups in total. The van der Waals surface area contributed by atoms with Crippen molar-refractivity contribution in [3.05, 3.63) is 107 Å². The molecule has 0 saturated heterocycles. The van der Waals surface area contributed by atoms with Gasteiger partial charge in [-0.25, -0.2) is 0 Å². The number of ketones is 3. The number of carbonyl (C=O) groups is 5. The average Bonchev–Trinajstić information content (AvgIpc) is 3.45. The molecule has 4 aliphatic rings. The molecule has 7 rings (SSSR count). The molecule has 57 heavy (non-hydrogen) atoms. The Morgan fingerprint density at radius 1 is 0.895 bits per heavy atom. The van der Waals surface area contributed by atoms with Gasteiger partial charge in [0.1, 0.15) is 12.2 Å². The minimum Gasteiger partial charge on any atom is -0.461 e. The minimum atomic E-state index is -1.77. The van der Waals surface area contributed by atoms with Gasteiger partial charge in [-0.15, -0.1) is 0 Å². The number of carbonyl (C=O) groups excluding carboxylic acids is 5. The van der Waals surface area contributed by atoms with E-state index in [1.165, 1.54) is 0 Å². The summed E-state index contributed by atoms with van der Waals surface area (Å²) in [5, 5.41) is 25.7. The SMILES string of the molecule is CN(C)[C@@H](C(=O)Cc1ccc2ccccc2c1)c1ccc(COC(=O)CCC(=O)OCC(=O)[C@@]2(O)CC[C@H]3[C@@H]4CCC5=CC(=O)C=C[C@]5(C)[C@H]4[C@@H](O)C[C@@]32C)cc1. The van der Waals surface area contributed by atoms with Crippen molar-refractivity contribution in [2.45, 2.75) is 89.6 Å². The van der Waals surface area contributed by atoms with Crippen LogP contribution in [0.15, 0.2) is 90.5 Å². The summed E-state index contributed by atoms with van der Waals surface area (Å²) in [7, 11) is 3.73. The van der Waals surface area contributed by atoms with E-state index in [9.17, 15) is 34.2 Å². The number of hydrogen-bond acceptors (Lipinski definition) is 10. The Hall–Kier alpha value is -4.77. The molecule has 3 fully saturated rings. The van der Waals surface area contributed by atoms with Gasteiger partial charge in [0.15, 0.2) is 18.2 Å². The van der Waals surface area contributed by atoms with E-state index in [0.717, 1.165) is 45.9 Å². The molecule has 0 aliphatic heterocycles. The number of likely N-dealkylation sites (N-methyl/N-ethyl adjacent to an activating group) is 1. The summed E-state index contributed by atoms with van der Waals surface area (Å²) in [6.45, 7) is 3.30. The van der Waals surface area contributed by atoms with Gasteiger partial charge in [0.2, 0.25) is 5.78 Å². The summed E-state index contributed by atoms with van der Waals surface area (Å²) in [5.74, 6) is -2.04. The second kappa shape index (κ2) is 15.9. The monoisotopic (exact) mass is 775 g/mol. The van der Waals surface area contributed by atoms with Crippen molar-refractivity contribution in [1.82, 2.24) is 4.90 Å². The topological polar surface area (TPSA) is 148 Å². The predicted octanol–water partition coefficient (Wildman–Crippen LogP) is 6.20. The summed E-state index contributed by atoms with van der Waals surface area (Å²) in [5.41, 5.74) is 0.385. The van der Waals surface area contributed by atoms with E-state index in [1.807, 2.05) is 98.7 Å². The third-order valence-electron chi connectivity index (χ3n) is 13.7. The Bertz CT molecular complexity index is 2140. The van der Waals surface area contributed by atoms with Crippen LogP contribution in [0.5, 0.6) is 0 Å². The molecule has 0 unspecified atom stereocenters. The molecular formula is C47H53NO9. The number of esters is 2. The number of aliphatic hydroxyl groups excluding tert-OH is 1. The van der Waals surface area contributed by atoms with E-state index in [4.69, 9.17) is 9.47 Å². The summed E-state index contributed by atoms with van der Waals surface area (Å²) in [6.07, 6.45) is 6.66. The van der Waals surface area contributed by atoms with E-state index < -0.39 is 52.9 Å². The fraction of sp³-hybridized carbons (Fsp3) is 0.468. The lowest BCUT2D eigenvalue weighted by molar-refractivity contribution is -0.181. The van der Waals surface area contributed by atoms with Crippen molar-refractivity contribution in [3.8, 4) is 0 Å². The molecule has 10 heteroatoms. The van der Waals surface area contributed by atoms with Gasteiger partial charge in [-0.05, 0) is 97.7 Å². The molecule has 0 spiro atoms. The molecule has 0 bridgehead atoms. The fourth-order valence-corrected chi connectivity index (χ4v) is 10.8. The van der Waals surface area contributed by atoms with Crippen LogP contribution in [-0.4, -0.2) is 76.8 Å². The van der Waals surface area contributed by atoms with Gasteiger partial charge in [-0.2, -0.15) is 0 Å². The second-order valence-corrected chi connectivity index (χ2v) is 17.3. The molecule has 4 aliphatic carbocycles. The van der Waals surface area contributed by atoms with Crippen LogP contribution in [0.1, 0.15) is 81.5 Å². The van der Waals surface area contributed by atoms with Crippen molar-refractivity contribution in [2.24, 2.45) is 28.6 Å². The van der Waals surface area contributed by atoms with Gasteiger partial charge in [-0.3, -0.25) is 28.9 Å². The van der Waals surface area contributed by atoms with Crippen LogP contribution in [0.3, 0.4) is 0 Å². The highest BCUT2D eigenvalue weighted by atomic mass is 16.5. The van der Waals surface area contributed by atoms with Crippen LogP contribution in [0.25, 0.3) is 10.8 Å². The van der Waals surface area contributed by atoms with E-state index in [-0.39, 0.29) is 68.0 Å². The van der Waals surface area contributed by atoms with Crippen molar-refractivity contribution < 1.29 is 43.7 Å². The first-order valence-corrected chi connectivity index (χ1v) is 20.1. The number of allylic oxidation sites excluding steroid dienone is 4. The third kappa shape index (κ3) is 7.67. The van der Waals surface area contributed by atoms with Crippen LogP contribution in [0, 0.1) is 28.6 Å². The predicted molar refractivity (Wildman–Crippen MR) is 213 cm³/mol. The maximum atomic E-state index is 13.6. The lowest BCUT2D eigenvalue weighted by Gasteiger charge is -2.59. The molecule has 10 nitrogen and oxygen atoms in total.